The molecule has 5 heteroatoms. The van der Waals surface area contributed by atoms with Crippen LogP contribution >= 0.6 is 0 Å². The van der Waals surface area contributed by atoms with Gasteiger partial charge in [0.05, 0.1) is 13.2 Å². The van der Waals surface area contributed by atoms with E-state index in [1.165, 1.54) is 0 Å². The maximum absolute atomic E-state index is 11.6. The molecule has 1 atom stereocenters. The Balaban J connectivity index is 2.16. The van der Waals surface area contributed by atoms with Gasteiger partial charge in [0.1, 0.15) is 6.04 Å². The lowest BCUT2D eigenvalue weighted by atomic mass is 10.2. The SMILES string of the molecule is COCCNC(=O)C(C)NOCc1ccccc1. The van der Waals surface area contributed by atoms with Crippen molar-refractivity contribution < 1.29 is 14.4 Å². The zero-order valence-corrected chi connectivity index (χ0v) is 10.8. The molecular weight excluding hydrogens is 232 g/mol. The molecule has 0 bridgehead atoms. The number of hydrogen-bond donors (Lipinski definition) is 2. The van der Waals surface area contributed by atoms with E-state index in [1.54, 1.807) is 14.0 Å². The van der Waals surface area contributed by atoms with Crippen molar-refractivity contribution in [3.63, 3.8) is 0 Å². The van der Waals surface area contributed by atoms with Gasteiger partial charge in [-0.25, -0.2) is 0 Å². The van der Waals surface area contributed by atoms with Crippen molar-refractivity contribution >= 4 is 5.91 Å². The molecule has 0 heterocycles. The maximum Gasteiger partial charge on any atom is 0.239 e. The van der Waals surface area contributed by atoms with Crippen LogP contribution in [0.3, 0.4) is 0 Å². The predicted molar refractivity (Wildman–Crippen MR) is 68.7 cm³/mol. The highest BCUT2D eigenvalue weighted by Gasteiger charge is 2.11. The number of carbonyl (C=O) groups is 1. The average molecular weight is 252 g/mol. The van der Waals surface area contributed by atoms with Crippen molar-refractivity contribution in [1.29, 1.82) is 0 Å². The van der Waals surface area contributed by atoms with Crippen LogP contribution in [0.25, 0.3) is 0 Å². The fourth-order valence-electron chi connectivity index (χ4n) is 1.31. The summed E-state index contributed by atoms with van der Waals surface area (Å²) >= 11 is 0. The first kappa shape index (κ1) is 14.6. The largest absolute Gasteiger partial charge is 0.383 e. The molecule has 0 saturated heterocycles. The Morgan fingerprint density at radius 1 is 1.33 bits per heavy atom. The number of methoxy groups -OCH3 is 1. The minimum atomic E-state index is -0.398. The maximum atomic E-state index is 11.6. The molecule has 1 aromatic rings. The molecule has 1 amide bonds. The fourth-order valence-corrected chi connectivity index (χ4v) is 1.31. The second kappa shape index (κ2) is 8.63. The molecule has 1 rings (SSSR count). The Hall–Kier alpha value is -1.43. The van der Waals surface area contributed by atoms with Crippen LogP contribution in [0, 0.1) is 0 Å². The standard InChI is InChI=1S/C13H20N2O3/c1-11(13(16)14-8-9-17-2)15-18-10-12-6-4-3-5-7-12/h3-7,11,15H,8-10H2,1-2H3,(H,14,16). The molecule has 18 heavy (non-hydrogen) atoms. The highest BCUT2D eigenvalue weighted by molar-refractivity contribution is 5.81. The molecule has 0 fully saturated rings. The van der Waals surface area contributed by atoms with Gasteiger partial charge >= 0.3 is 0 Å². The lowest BCUT2D eigenvalue weighted by molar-refractivity contribution is -0.127. The molecule has 1 aromatic carbocycles. The minimum absolute atomic E-state index is 0.111. The lowest BCUT2D eigenvalue weighted by Crippen LogP contribution is -2.43. The number of benzene rings is 1. The molecule has 2 N–H and O–H groups in total. The van der Waals surface area contributed by atoms with Crippen molar-refractivity contribution in [1.82, 2.24) is 10.8 Å². The van der Waals surface area contributed by atoms with E-state index in [-0.39, 0.29) is 5.91 Å². The summed E-state index contributed by atoms with van der Waals surface area (Å²) in [7, 11) is 1.59. The van der Waals surface area contributed by atoms with Gasteiger partial charge in [0.15, 0.2) is 0 Å². The van der Waals surface area contributed by atoms with Gasteiger partial charge in [-0.05, 0) is 12.5 Å². The molecule has 1 unspecified atom stereocenters. The van der Waals surface area contributed by atoms with E-state index < -0.39 is 6.04 Å². The first-order chi connectivity index (χ1) is 8.74. The molecule has 0 spiro atoms. The van der Waals surface area contributed by atoms with Gasteiger partial charge in [0.25, 0.3) is 0 Å². The summed E-state index contributed by atoms with van der Waals surface area (Å²) < 4.78 is 4.84. The van der Waals surface area contributed by atoms with Crippen LogP contribution in [-0.2, 0) is 21.0 Å². The minimum Gasteiger partial charge on any atom is -0.383 e. The van der Waals surface area contributed by atoms with E-state index >= 15 is 0 Å². The summed E-state index contributed by atoms with van der Waals surface area (Å²) in [5, 5.41) is 2.73. The van der Waals surface area contributed by atoms with E-state index in [0.29, 0.717) is 19.8 Å². The first-order valence-electron chi connectivity index (χ1n) is 5.92. The number of amides is 1. The third-order valence-corrected chi connectivity index (χ3v) is 2.34. The Bertz CT molecular complexity index is 343. The molecular formula is C13H20N2O3. The first-order valence-corrected chi connectivity index (χ1v) is 5.92. The van der Waals surface area contributed by atoms with Crippen molar-refractivity contribution in [3.8, 4) is 0 Å². The van der Waals surface area contributed by atoms with E-state index in [4.69, 9.17) is 9.57 Å². The van der Waals surface area contributed by atoms with Crippen LogP contribution in [-0.4, -0.2) is 32.2 Å². The van der Waals surface area contributed by atoms with Gasteiger partial charge in [-0.3, -0.25) is 9.63 Å². The molecule has 0 aromatic heterocycles. The van der Waals surface area contributed by atoms with Gasteiger partial charge in [0, 0.05) is 13.7 Å². The van der Waals surface area contributed by atoms with Crippen LogP contribution in [0.4, 0.5) is 0 Å². The molecule has 0 aliphatic heterocycles. The Kier molecular flexibility index (Phi) is 7.01. The number of hydrogen-bond acceptors (Lipinski definition) is 4. The van der Waals surface area contributed by atoms with Gasteiger partial charge in [-0.1, -0.05) is 30.3 Å². The summed E-state index contributed by atoms with van der Waals surface area (Å²) in [6.45, 7) is 3.17. The topological polar surface area (TPSA) is 59.6 Å². The molecule has 0 aliphatic rings. The van der Waals surface area contributed by atoms with Crippen molar-refractivity contribution in [2.75, 3.05) is 20.3 Å². The van der Waals surface area contributed by atoms with Crippen molar-refractivity contribution in [2.24, 2.45) is 0 Å². The molecule has 0 saturated carbocycles. The van der Waals surface area contributed by atoms with E-state index in [2.05, 4.69) is 10.8 Å². The van der Waals surface area contributed by atoms with Crippen molar-refractivity contribution in [2.45, 2.75) is 19.6 Å². The van der Waals surface area contributed by atoms with Crippen LogP contribution in [0.2, 0.25) is 0 Å². The van der Waals surface area contributed by atoms with Gasteiger partial charge in [-0.2, -0.15) is 5.48 Å². The number of ether oxygens (including phenoxy) is 1. The van der Waals surface area contributed by atoms with E-state index in [9.17, 15) is 4.79 Å². The fraction of sp³-hybridized carbons (Fsp3) is 0.462. The summed E-state index contributed by atoms with van der Waals surface area (Å²) in [4.78, 5) is 16.8. The zero-order chi connectivity index (χ0) is 13.2. The van der Waals surface area contributed by atoms with E-state index in [1.807, 2.05) is 30.3 Å². The number of carbonyl (C=O) groups excluding carboxylic acids is 1. The second-order valence-electron chi connectivity index (χ2n) is 3.90. The predicted octanol–water partition coefficient (Wildman–Crippen LogP) is 0.859. The molecule has 100 valence electrons. The Morgan fingerprint density at radius 3 is 2.72 bits per heavy atom. The monoisotopic (exact) mass is 252 g/mol. The summed E-state index contributed by atoms with van der Waals surface area (Å²) in [5.41, 5.74) is 3.76. The van der Waals surface area contributed by atoms with Gasteiger partial charge in [-0.15, -0.1) is 0 Å². The Morgan fingerprint density at radius 2 is 2.06 bits per heavy atom. The third kappa shape index (κ3) is 5.77. The second-order valence-corrected chi connectivity index (χ2v) is 3.90. The van der Waals surface area contributed by atoms with Crippen LogP contribution in [0.1, 0.15) is 12.5 Å². The summed E-state index contributed by atoms with van der Waals surface area (Å²) in [6.07, 6.45) is 0. The quantitative estimate of drug-likeness (QED) is 0.532. The van der Waals surface area contributed by atoms with Crippen molar-refractivity contribution in [3.05, 3.63) is 35.9 Å². The van der Waals surface area contributed by atoms with Gasteiger partial charge < -0.3 is 10.1 Å². The number of nitrogens with one attached hydrogen (secondary N) is 2. The van der Waals surface area contributed by atoms with E-state index in [0.717, 1.165) is 5.56 Å². The molecule has 5 nitrogen and oxygen atoms in total. The third-order valence-electron chi connectivity index (χ3n) is 2.34. The smallest absolute Gasteiger partial charge is 0.239 e. The van der Waals surface area contributed by atoms with Crippen LogP contribution < -0.4 is 10.8 Å². The normalized spacial score (nSPS) is 12.1. The average Bonchev–Trinajstić information content (AvgIpc) is 2.40. The highest BCUT2D eigenvalue weighted by atomic mass is 16.6. The number of rotatable bonds is 8. The lowest BCUT2D eigenvalue weighted by Gasteiger charge is -2.13. The van der Waals surface area contributed by atoms with Gasteiger partial charge in [0.2, 0.25) is 5.91 Å². The summed E-state index contributed by atoms with van der Waals surface area (Å²) in [6, 6.07) is 9.36. The number of hydroxylamine groups is 1. The summed E-state index contributed by atoms with van der Waals surface area (Å²) in [5.74, 6) is -0.111. The zero-order valence-electron chi connectivity index (χ0n) is 10.8. The molecule has 0 radical (unpaired) electrons. The van der Waals surface area contributed by atoms with Crippen LogP contribution in [0.5, 0.6) is 0 Å². The molecule has 0 aliphatic carbocycles. The van der Waals surface area contributed by atoms with Crippen LogP contribution in [0.15, 0.2) is 30.3 Å². The highest BCUT2D eigenvalue weighted by Crippen LogP contribution is 1.99. The Labute approximate surface area is 107 Å².